The third kappa shape index (κ3) is 5.71. The van der Waals surface area contributed by atoms with E-state index in [4.69, 9.17) is 0 Å². The van der Waals surface area contributed by atoms with Crippen LogP contribution in [-0.4, -0.2) is 50.6 Å². The predicted molar refractivity (Wildman–Crippen MR) is 79.1 cm³/mol. The number of nitrogens with one attached hydrogen (secondary N) is 2. The molecule has 1 saturated carbocycles. The van der Waals surface area contributed by atoms with E-state index >= 15 is 0 Å². The van der Waals surface area contributed by atoms with Crippen LogP contribution in [0.25, 0.3) is 0 Å². The largest absolute Gasteiger partial charge is 0.356 e. The van der Waals surface area contributed by atoms with Crippen LogP contribution in [0.5, 0.6) is 0 Å². The average molecular weight is 254 g/mol. The standard InChI is InChI=1S/C14H30N4/c1-12(2)11-17-14(15-3)16-9-10-18(4)13-7-5-6-8-13/h12-13H,5-11H2,1-4H3,(H2,15,16,17). The lowest BCUT2D eigenvalue weighted by Crippen LogP contribution is -2.43. The summed E-state index contributed by atoms with van der Waals surface area (Å²) in [4.78, 5) is 6.71. The summed E-state index contributed by atoms with van der Waals surface area (Å²) in [6.07, 6.45) is 5.55. The number of nitrogens with zero attached hydrogens (tertiary/aromatic N) is 2. The molecule has 0 amide bonds. The van der Waals surface area contributed by atoms with Crippen LogP contribution in [0.15, 0.2) is 4.99 Å². The molecule has 106 valence electrons. The van der Waals surface area contributed by atoms with Crippen molar-refractivity contribution in [2.45, 2.75) is 45.6 Å². The SMILES string of the molecule is CN=C(NCCN(C)C1CCCC1)NCC(C)C. The first kappa shape index (κ1) is 15.3. The van der Waals surface area contributed by atoms with Crippen molar-refractivity contribution in [1.82, 2.24) is 15.5 Å². The maximum Gasteiger partial charge on any atom is 0.191 e. The Bertz CT molecular complexity index is 244. The van der Waals surface area contributed by atoms with Gasteiger partial charge in [0.25, 0.3) is 0 Å². The smallest absolute Gasteiger partial charge is 0.191 e. The number of hydrogen-bond donors (Lipinski definition) is 2. The van der Waals surface area contributed by atoms with Crippen molar-refractivity contribution in [2.75, 3.05) is 33.7 Å². The van der Waals surface area contributed by atoms with Crippen LogP contribution in [0.4, 0.5) is 0 Å². The topological polar surface area (TPSA) is 39.7 Å². The van der Waals surface area contributed by atoms with E-state index in [-0.39, 0.29) is 0 Å². The van der Waals surface area contributed by atoms with Crippen LogP contribution in [0.2, 0.25) is 0 Å². The van der Waals surface area contributed by atoms with Crippen molar-refractivity contribution < 1.29 is 0 Å². The highest BCUT2D eigenvalue weighted by Crippen LogP contribution is 2.21. The fraction of sp³-hybridized carbons (Fsp3) is 0.929. The van der Waals surface area contributed by atoms with Crippen LogP contribution in [0.1, 0.15) is 39.5 Å². The van der Waals surface area contributed by atoms with Gasteiger partial charge in [-0.05, 0) is 25.8 Å². The van der Waals surface area contributed by atoms with Crippen molar-refractivity contribution in [1.29, 1.82) is 0 Å². The maximum atomic E-state index is 4.23. The van der Waals surface area contributed by atoms with Crippen LogP contribution < -0.4 is 10.6 Å². The molecule has 4 nitrogen and oxygen atoms in total. The molecule has 1 fully saturated rings. The van der Waals surface area contributed by atoms with Gasteiger partial charge < -0.3 is 15.5 Å². The third-order valence-corrected chi connectivity index (χ3v) is 3.61. The molecule has 1 rings (SSSR count). The highest BCUT2D eigenvalue weighted by atomic mass is 15.2. The molecule has 4 heteroatoms. The first-order chi connectivity index (χ1) is 8.63. The lowest BCUT2D eigenvalue weighted by atomic mass is 10.2. The normalized spacial score (nSPS) is 17.8. The number of hydrogen-bond acceptors (Lipinski definition) is 2. The summed E-state index contributed by atoms with van der Waals surface area (Å²) in [5.74, 6) is 1.56. The maximum absolute atomic E-state index is 4.23. The van der Waals surface area contributed by atoms with E-state index in [2.05, 4.69) is 41.4 Å². The molecule has 0 aromatic carbocycles. The molecule has 0 spiro atoms. The molecule has 0 heterocycles. The van der Waals surface area contributed by atoms with Crippen LogP contribution in [-0.2, 0) is 0 Å². The van der Waals surface area contributed by atoms with Gasteiger partial charge in [-0.3, -0.25) is 4.99 Å². The van der Waals surface area contributed by atoms with Crippen molar-refractivity contribution >= 4 is 5.96 Å². The van der Waals surface area contributed by atoms with Crippen LogP contribution >= 0.6 is 0 Å². The average Bonchev–Trinajstić information content (AvgIpc) is 2.86. The zero-order chi connectivity index (χ0) is 13.4. The summed E-state index contributed by atoms with van der Waals surface area (Å²) >= 11 is 0. The van der Waals surface area contributed by atoms with Crippen molar-refractivity contribution in [3.8, 4) is 0 Å². The fourth-order valence-corrected chi connectivity index (χ4v) is 2.40. The molecule has 0 aromatic heterocycles. The minimum absolute atomic E-state index is 0.643. The van der Waals surface area contributed by atoms with E-state index in [0.717, 1.165) is 31.6 Å². The Labute approximate surface area is 112 Å². The van der Waals surface area contributed by atoms with Crippen molar-refractivity contribution in [3.05, 3.63) is 0 Å². The number of aliphatic imine (C=N–C) groups is 1. The fourth-order valence-electron chi connectivity index (χ4n) is 2.40. The van der Waals surface area contributed by atoms with Gasteiger partial charge in [0.05, 0.1) is 0 Å². The van der Waals surface area contributed by atoms with Gasteiger partial charge in [-0.2, -0.15) is 0 Å². The second-order valence-corrected chi connectivity index (χ2v) is 5.69. The molecule has 1 aliphatic carbocycles. The molecule has 0 radical (unpaired) electrons. The molecular weight excluding hydrogens is 224 g/mol. The lowest BCUT2D eigenvalue weighted by molar-refractivity contribution is 0.249. The van der Waals surface area contributed by atoms with E-state index in [0.29, 0.717) is 5.92 Å². The lowest BCUT2D eigenvalue weighted by Gasteiger charge is -2.24. The molecule has 0 unspecified atom stereocenters. The zero-order valence-corrected chi connectivity index (χ0v) is 12.5. The number of rotatable bonds is 6. The molecule has 1 aliphatic rings. The predicted octanol–water partition coefficient (Wildman–Crippen LogP) is 1.68. The van der Waals surface area contributed by atoms with Gasteiger partial charge in [0.2, 0.25) is 0 Å². The second-order valence-electron chi connectivity index (χ2n) is 5.69. The van der Waals surface area contributed by atoms with Gasteiger partial charge in [-0.15, -0.1) is 0 Å². The molecule has 18 heavy (non-hydrogen) atoms. The highest BCUT2D eigenvalue weighted by molar-refractivity contribution is 5.79. The Morgan fingerprint density at radius 3 is 2.50 bits per heavy atom. The van der Waals surface area contributed by atoms with Gasteiger partial charge in [-0.25, -0.2) is 0 Å². The van der Waals surface area contributed by atoms with Gasteiger partial charge in [0.15, 0.2) is 5.96 Å². The van der Waals surface area contributed by atoms with Gasteiger partial charge in [0.1, 0.15) is 0 Å². The van der Waals surface area contributed by atoms with E-state index < -0.39 is 0 Å². The minimum Gasteiger partial charge on any atom is -0.356 e. The quantitative estimate of drug-likeness (QED) is 0.560. The second kappa shape index (κ2) is 8.35. The summed E-state index contributed by atoms with van der Waals surface area (Å²) in [5, 5.41) is 6.71. The van der Waals surface area contributed by atoms with E-state index in [9.17, 15) is 0 Å². The number of likely N-dealkylation sites (N-methyl/N-ethyl adjacent to an activating group) is 1. The van der Waals surface area contributed by atoms with E-state index in [1.807, 2.05) is 7.05 Å². The Balaban J connectivity index is 2.14. The summed E-state index contributed by atoms with van der Waals surface area (Å²) in [6.45, 7) is 7.43. The van der Waals surface area contributed by atoms with E-state index in [1.54, 1.807) is 0 Å². The van der Waals surface area contributed by atoms with Crippen LogP contribution in [0.3, 0.4) is 0 Å². The Hall–Kier alpha value is -0.770. The summed E-state index contributed by atoms with van der Waals surface area (Å²) in [6, 6.07) is 0.803. The molecule has 2 N–H and O–H groups in total. The molecule has 0 atom stereocenters. The monoisotopic (exact) mass is 254 g/mol. The first-order valence-corrected chi connectivity index (χ1v) is 7.28. The van der Waals surface area contributed by atoms with E-state index in [1.165, 1.54) is 25.7 Å². The molecule has 0 bridgehead atoms. The molecular formula is C14H30N4. The van der Waals surface area contributed by atoms with Gasteiger partial charge in [-0.1, -0.05) is 26.7 Å². The molecule has 0 aromatic rings. The third-order valence-electron chi connectivity index (χ3n) is 3.61. The minimum atomic E-state index is 0.643. The van der Waals surface area contributed by atoms with Crippen molar-refractivity contribution in [2.24, 2.45) is 10.9 Å². The zero-order valence-electron chi connectivity index (χ0n) is 12.5. The van der Waals surface area contributed by atoms with Crippen LogP contribution in [0, 0.1) is 5.92 Å². The van der Waals surface area contributed by atoms with Gasteiger partial charge in [0, 0.05) is 32.7 Å². The number of guanidine groups is 1. The Kier molecular flexibility index (Phi) is 7.09. The summed E-state index contributed by atoms with van der Waals surface area (Å²) in [5.41, 5.74) is 0. The highest BCUT2D eigenvalue weighted by Gasteiger charge is 2.18. The summed E-state index contributed by atoms with van der Waals surface area (Å²) in [7, 11) is 4.07. The van der Waals surface area contributed by atoms with Gasteiger partial charge >= 0.3 is 0 Å². The molecule has 0 aliphatic heterocycles. The van der Waals surface area contributed by atoms with Crippen molar-refractivity contribution in [3.63, 3.8) is 0 Å². The summed E-state index contributed by atoms with van der Waals surface area (Å²) < 4.78 is 0. The Morgan fingerprint density at radius 2 is 1.94 bits per heavy atom. The first-order valence-electron chi connectivity index (χ1n) is 7.28. The Morgan fingerprint density at radius 1 is 1.28 bits per heavy atom. The molecule has 0 saturated heterocycles.